The summed E-state index contributed by atoms with van der Waals surface area (Å²) in [5, 5.41) is 11.0. The Bertz CT molecular complexity index is 1410. The number of nitrogens with zero attached hydrogens (tertiary/aromatic N) is 1. The minimum atomic E-state index is -1.55. The molecular weight excluding hydrogens is 418 g/mol. The first-order chi connectivity index (χ1) is 15.8. The number of imidazole rings is 1. The number of ether oxygens (including phenoxy) is 1. The number of ketones is 1. The van der Waals surface area contributed by atoms with E-state index in [1.807, 2.05) is 30.3 Å². The van der Waals surface area contributed by atoms with E-state index in [0.717, 1.165) is 22.2 Å². The zero-order valence-electron chi connectivity index (χ0n) is 18.2. The summed E-state index contributed by atoms with van der Waals surface area (Å²) in [7, 11) is 0. The highest BCUT2D eigenvalue weighted by Crippen LogP contribution is 2.55. The molecule has 1 aliphatic carbocycles. The number of primary amides is 1. The third-order valence-corrected chi connectivity index (χ3v) is 6.22. The van der Waals surface area contributed by atoms with E-state index in [1.165, 1.54) is 0 Å². The number of benzene rings is 3. The smallest absolute Gasteiger partial charge is 0.250 e. The highest BCUT2D eigenvalue weighted by molar-refractivity contribution is 6.07. The molecule has 7 nitrogen and oxygen atoms in total. The fourth-order valence-corrected chi connectivity index (χ4v) is 4.46. The minimum absolute atomic E-state index is 0.0656. The molecule has 2 heterocycles. The first-order valence-electron chi connectivity index (χ1n) is 10.7. The highest BCUT2D eigenvalue weighted by Gasteiger charge is 2.58. The lowest BCUT2D eigenvalue weighted by Crippen LogP contribution is -2.32. The number of fused-ring (bicyclic) bond motifs is 6. The maximum absolute atomic E-state index is 12.6. The molecule has 0 saturated carbocycles. The molecule has 0 saturated heterocycles. The fourth-order valence-electron chi connectivity index (χ4n) is 4.46. The van der Waals surface area contributed by atoms with Crippen LogP contribution in [0.2, 0.25) is 0 Å². The maximum Gasteiger partial charge on any atom is 0.250 e. The number of aromatic nitrogens is 2. The van der Waals surface area contributed by atoms with Gasteiger partial charge in [0.2, 0.25) is 11.7 Å². The van der Waals surface area contributed by atoms with E-state index in [0.29, 0.717) is 28.4 Å². The van der Waals surface area contributed by atoms with E-state index in [9.17, 15) is 14.7 Å². The molecule has 33 heavy (non-hydrogen) atoms. The number of Topliss-reactive ketones (excluding diaryl/α,β-unsaturated/α-hetero) is 1. The number of nitrogens with two attached hydrogens (primary N) is 1. The zero-order valence-corrected chi connectivity index (χ0v) is 18.2. The van der Waals surface area contributed by atoms with Gasteiger partial charge in [-0.25, -0.2) is 4.98 Å². The van der Waals surface area contributed by atoms with Crippen molar-refractivity contribution in [3.8, 4) is 5.75 Å². The van der Waals surface area contributed by atoms with Gasteiger partial charge in [-0.3, -0.25) is 9.59 Å². The second kappa shape index (κ2) is 7.56. The van der Waals surface area contributed by atoms with Crippen LogP contribution < -0.4 is 10.5 Å². The lowest BCUT2D eigenvalue weighted by molar-refractivity contribution is -0.134. The summed E-state index contributed by atoms with van der Waals surface area (Å²) in [6, 6.07) is 18.1. The molecule has 4 N–H and O–H groups in total. The highest BCUT2D eigenvalue weighted by atomic mass is 16.6. The van der Waals surface area contributed by atoms with Crippen LogP contribution in [0.4, 0.5) is 0 Å². The number of carbonyl (C=O) groups is 2. The summed E-state index contributed by atoms with van der Waals surface area (Å²) >= 11 is 0. The average Bonchev–Trinajstić information content (AvgIpc) is 3.44. The van der Waals surface area contributed by atoms with Crippen LogP contribution in [0.5, 0.6) is 5.75 Å². The van der Waals surface area contributed by atoms with Crippen molar-refractivity contribution in [3.63, 3.8) is 0 Å². The molecule has 6 rings (SSSR count). The van der Waals surface area contributed by atoms with Crippen LogP contribution in [-0.2, 0) is 5.79 Å². The number of aliphatic hydroxyl groups is 1. The second-order valence-electron chi connectivity index (χ2n) is 8.59. The van der Waals surface area contributed by atoms with E-state index < -0.39 is 17.6 Å². The van der Waals surface area contributed by atoms with E-state index in [2.05, 4.69) is 23.8 Å². The van der Waals surface area contributed by atoms with Crippen molar-refractivity contribution in [3.05, 3.63) is 94.8 Å². The molecule has 2 atom stereocenters. The molecule has 1 aliphatic heterocycles. The Hall–Kier alpha value is -3.97. The van der Waals surface area contributed by atoms with Gasteiger partial charge in [0.1, 0.15) is 11.7 Å². The number of amides is 1. The number of hydrogen-bond acceptors (Lipinski definition) is 5. The fraction of sp³-hybridized carbons (Fsp3) is 0.192. The normalized spacial score (nSPS) is 20.0. The topological polar surface area (TPSA) is 118 Å². The monoisotopic (exact) mass is 441 g/mol. The molecule has 7 heteroatoms. The number of H-pyrrole nitrogens is 1. The first kappa shape index (κ1) is 20.9. The van der Waals surface area contributed by atoms with Crippen LogP contribution >= 0.6 is 0 Å². The molecule has 0 spiro atoms. The van der Waals surface area contributed by atoms with Crippen molar-refractivity contribution in [2.24, 2.45) is 5.73 Å². The lowest BCUT2D eigenvalue weighted by Gasteiger charge is -2.22. The SMILES string of the molecule is CC(C)c1ccc2c(c1)OC1(O)c3ccccc3C(=O)C21.NC(=O)c1ccc2nc[nH]c2c1. The predicted octanol–water partition coefficient (Wildman–Crippen LogP) is 3.99. The summed E-state index contributed by atoms with van der Waals surface area (Å²) in [4.78, 5) is 30.3. The quantitative estimate of drug-likeness (QED) is 0.435. The largest absolute Gasteiger partial charge is 0.457 e. The lowest BCUT2D eigenvalue weighted by atomic mass is 9.91. The molecule has 1 aromatic heterocycles. The first-order valence-corrected chi connectivity index (χ1v) is 10.7. The average molecular weight is 441 g/mol. The summed E-state index contributed by atoms with van der Waals surface area (Å²) in [6.07, 6.45) is 1.58. The van der Waals surface area contributed by atoms with Gasteiger partial charge in [0.15, 0.2) is 5.78 Å². The Kier molecular flexibility index (Phi) is 4.79. The van der Waals surface area contributed by atoms with E-state index in [4.69, 9.17) is 10.5 Å². The Morgan fingerprint density at radius 1 is 1.15 bits per heavy atom. The third-order valence-electron chi connectivity index (χ3n) is 6.22. The van der Waals surface area contributed by atoms with Crippen LogP contribution in [0.25, 0.3) is 11.0 Å². The van der Waals surface area contributed by atoms with Crippen LogP contribution in [0.1, 0.15) is 63.1 Å². The number of nitrogens with one attached hydrogen (secondary N) is 1. The Balaban J connectivity index is 0.000000162. The summed E-state index contributed by atoms with van der Waals surface area (Å²) < 4.78 is 5.84. The van der Waals surface area contributed by atoms with Crippen LogP contribution in [0.3, 0.4) is 0 Å². The van der Waals surface area contributed by atoms with Crippen molar-refractivity contribution < 1.29 is 19.4 Å². The van der Waals surface area contributed by atoms with Gasteiger partial charge in [-0.05, 0) is 35.7 Å². The molecule has 0 radical (unpaired) electrons. The van der Waals surface area contributed by atoms with E-state index in [-0.39, 0.29) is 5.78 Å². The Morgan fingerprint density at radius 2 is 1.94 bits per heavy atom. The number of aromatic amines is 1. The number of hydrogen-bond donors (Lipinski definition) is 3. The van der Waals surface area contributed by atoms with Gasteiger partial charge in [0.25, 0.3) is 0 Å². The van der Waals surface area contributed by atoms with Gasteiger partial charge in [0.05, 0.1) is 17.4 Å². The minimum Gasteiger partial charge on any atom is -0.457 e. The molecule has 2 unspecified atom stereocenters. The molecule has 166 valence electrons. The van der Waals surface area contributed by atoms with Crippen molar-refractivity contribution in [2.45, 2.75) is 31.5 Å². The van der Waals surface area contributed by atoms with Crippen molar-refractivity contribution in [1.82, 2.24) is 9.97 Å². The molecule has 0 fully saturated rings. The molecular formula is C26H23N3O4. The molecule has 1 amide bonds. The van der Waals surface area contributed by atoms with Gasteiger partial charge < -0.3 is 20.6 Å². The summed E-state index contributed by atoms with van der Waals surface area (Å²) in [5.74, 6) is -1.69. The van der Waals surface area contributed by atoms with Crippen molar-refractivity contribution in [1.29, 1.82) is 0 Å². The van der Waals surface area contributed by atoms with Gasteiger partial charge >= 0.3 is 0 Å². The summed E-state index contributed by atoms with van der Waals surface area (Å²) in [6.45, 7) is 4.21. The standard InChI is InChI=1S/C18H16O3.C8H7N3O/c1-10(2)11-7-8-13-15(9-11)21-18(20)14-6-4-3-5-12(14)17(19)16(13)18;9-8(12)5-1-2-6-7(3-5)11-4-10-6/h3-10,16,20H,1-2H3;1-4H,(H2,9,12)(H,10,11). The number of rotatable bonds is 2. The molecule has 2 aliphatic rings. The van der Waals surface area contributed by atoms with E-state index in [1.54, 1.807) is 36.7 Å². The van der Waals surface area contributed by atoms with Crippen molar-refractivity contribution in [2.75, 3.05) is 0 Å². The van der Waals surface area contributed by atoms with Crippen LogP contribution in [-0.4, -0.2) is 26.8 Å². The van der Waals surface area contributed by atoms with Crippen molar-refractivity contribution >= 4 is 22.7 Å². The van der Waals surface area contributed by atoms with Gasteiger partial charge in [0, 0.05) is 22.3 Å². The van der Waals surface area contributed by atoms with E-state index >= 15 is 0 Å². The van der Waals surface area contributed by atoms with Crippen LogP contribution in [0.15, 0.2) is 67.0 Å². The molecule has 0 bridgehead atoms. The van der Waals surface area contributed by atoms with Gasteiger partial charge in [-0.1, -0.05) is 50.2 Å². The third kappa shape index (κ3) is 3.29. The van der Waals surface area contributed by atoms with Gasteiger partial charge in [-0.15, -0.1) is 0 Å². The van der Waals surface area contributed by atoms with Gasteiger partial charge in [-0.2, -0.15) is 0 Å². The molecule has 3 aromatic carbocycles. The second-order valence-corrected chi connectivity index (χ2v) is 8.59. The Morgan fingerprint density at radius 3 is 2.70 bits per heavy atom. The predicted molar refractivity (Wildman–Crippen MR) is 123 cm³/mol. The summed E-state index contributed by atoms with van der Waals surface area (Å²) in [5.41, 5.74) is 10.3. The maximum atomic E-state index is 12.6. The number of carbonyl (C=O) groups excluding carboxylic acids is 2. The van der Waals surface area contributed by atoms with Crippen LogP contribution in [0, 0.1) is 0 Å². The molecule has 4 aromatic rings. The zero-order chi connectivity index (χ0) is 23.3. The Labute approximate surface area is 190 Å².